The summed E-state index contributed by atoms with van der Waals surface area (Å²) in [6.45, 7) is 3.67. The van der Waals surface area contributed by atoms with E-state index in [1.807, 2.05) is 19.1 Å². The van der Waals surface area contributed by atoms with Crippen LogP contribution in [-0.2, 0) is 19.1 Å². The maximum Gasteiger partial charge on any atom is 0.326 e. The van der Waals surface area contributed by atoms with Gasteiger partial charge in [0.25, 0.3) is 11.8 Å². The lowest BCUT2D eigenvalue weighted by Gasteiger charge is -2.16. The molecule has 0 aliphatic carbocycles. The van der Waals surface area contributed by atoms with Gasteiger partial charge in [-0.15, -0.1) is 0 Å². The predicted octanol–water partition coefficient (Wildman–Crippen LogP) is 2.42. The monoisotopic (exact) mass is 423 g/mol. The number of nitrogens with one attached hydrogen (secondary N) is 2. The molecule has 1 saturated heterocycles. The molecule has 8 nitrogen and oxygen atoms in total. The van der Waals surface area contributed by atoms with Crippen LogP contribution in [0.2, 0.25) is 0 Å². The topological polar surface area (TPSA) is 105 Å². The molecular formula is C23H25N3O5. The van der Waals surface area contributed by atoms with E-state index in [-0.39, 0.29) is 12.5 Å². The standard InChI is InChI=1S/C23H25N3O5/c1-15-5-3-6-18(13-15)25-22(29)16(2)31-21(28)14-24-23(30)17-8-10-19(11-9-17)26-12-4-7-20(26)27/h3,5-6,8-11,13,16H,4,7,12,14H2,1-2H3,(H,24,30)(H,25,29)/t16-/m0/s1. The summed E-state index contributed by atoms with van der Waals surface area (Å²) >= 11 is 0. The molecule has 162 valence electrons. The summed E-state index contributed by atoms with van der Waals surface area (Å²) < 4.78 is 5.09. The summed E-state index contributed by atoms with van der Waals surface area (Å²) in [5.41, 5.74) is 2.70. The molecule has 1 atom stereocenters. The molecule has 0 saturated carbocycles. The number of carbonyl (C=O) groups excluding carboxylic acids is 4. The molecule has 0 aromatic heterocycles. The van der Waals surface area contributed by atoms with Gasteiger partial charge in [0.2, 0.25) is 5.91 Å². The maximum atomic E-state index is 12.3. The summed E-state index contributed by atoms with van der Waals surface area (Å²) in [6, 6.07) is 13.9. The van der Waals surface area contributed by atoms with Crippen molar-refractivity contribution in [2.45, 2.75) is 32.8 Å². The van der Waals surface area contributed by atoms with Crippen LogP contribution in [0.5, 0.6) is 0 Å². The minimum absolute atomic E-state index is 0.0699. The van der Waals surface area contributed by atoms with Gasteiger partial charge in [0.05, 0.1) is 0 Å². The van der Waals surface area contributed by atoms with E-state index >= 15 is 0 Å². The van der Waals surface area contributed by atoms with Crippen molar-refractivity contribution >= 4 is 35.1 Å². The highest BCUT2D eigenvalue weighted by Crippen LogP contribution is 2.21. The first-order valence-corrected chi connectivity index (χ1v) is 10.1. The first-order chi connectivity index (χ1) is 14.8. The van der Waals surface area contributed by atoms with Gasteiger partial charge in [-0.1, -0.05) is 12.1 Å². The fourth-order valence-corrected chi connectivity index (χ4v) is 3.23. The van der Waals surface area contributed by atoms with Crippen LogP contribution in [0.1, 0.15) is 35.7 Å². The average molecular weight is 423 g/mol. The van der Waals surface area contributed by atoms with Gasteiger partial charge in [-0.3, -0.25) is 19.2 Å². The Morgan fingerprint density at radius 1 is 1.13 bits per heavy atom. The zero-order valence-corrected chi connectivity index (χ0v) is 17.5. The molecule has 3 amide bonds. The Bertz CT molecular complexity index is 987. The summed E-state index contributed by atoms with van der Waals surface area (Å²) in [5, 5.41) is 5.15. The summed E-state index contributed by atoms with van der Waals surface area (Å²) in [7, 11) is 0. The van der Waals surface area contributed by atoms with Crippen molar-refractivity contribution in [2.24, 2.45) is 0 Å². The van der Waals surface area contributed by atoms with Crippen LogP contribution in [0.3, 0.4) is 0 Å². The van der Waals surface area contributed by atoms with Gasteiger partial charge in [-0.05, 0) is 62.2 Å². The van der Waals surface area contributed by atoms with E-state index in [1.165, 1.54) is 6.92 Å². The van der Waals surface area contributed by atoms with Gasteiger partial charge in [0.1, 0.15) is 6.54 Å². The van der Waals surface area contributed by atoms with Crippen LogP contribution in [0.25, 0.3) is 0 Å². The van der Waals surface area contributed by atoms with Crippen molar-refractivity contribution < 1.29 is 23.9 Å². The number of aryl methyl sites for hydroxylation is 1. The molecule has 1 aliphatic rings. The first-order valence-electron chi connectivity index (χ1n) is 10.1. The fourth-order valence-electron chi connectivity index (χ4n) is 3.23. The number of amides is 3. The molecular weight excluding hydrogens is 398 g/mol. The summed E-state index contributed by atoms with van der Waals surface area (Å²) in [6.07, 6.45) is 0.346. The van der Waals surface area contributed by atoms with Crippen molar-refractivity contribution in [1.82, 2.24) is 5.32 Å². The Hall–Kier alpha value is -3.68. The van der Waals surface area contributed by atoms with Crippen LogP contribution in [0.15, 0.2) is 48.5 Å². The molecule has 0 unspecified atom stereocenters. The molecule has 0 bridgehead atoms. The third-order valence-electron chi connectivity index (χ3n) is 4.87. The number of benzene rings is 2. The lowest BCUT2D eigenvalue weighted by Crippen LogP contribution is -2.35. The van der Waals surface area contributed by atoms with Crippen LogP contribution < -0.4 is 15.5 Å². The molecule has 0 radical (unpaired) electrons. The Morgan fingerprint density at radius 2 is 1.87 bits per heavy atom. The Morgan fingerprint density at radius 3 is 2.52 bits per heavy atom. The minimum Gasteiger partial charge on any atom is -0.451 e. The molecule has 2 aromatic carbocycles. The van der Waals surface area contributed by atoms with E-state index in [0.717, 1.165) is 17.7 Å². The fraction of sp³-hybridized carbons (Fsp3) is 0.304. The number of nitrogens with zero attached hydrogens (tertiary/aromatic N) is 1. The number of ether oxygens (including phenoxy) is 1. The van der Waals surface area contributed by atoms with Crippen molar-refractivity contribution in [1.29, 1.82) is 0 Å². The Labute approximate surface area is 180 Å². The molecule has 2 aromatic rings. The van der Waals surface area contributed by atoms with Crippen molar-refractivity contribution in [2.75, 3.05) is 23.3 Å². The number of rotatable bonds is 7. The highest BCUT2D eigenvalue weighted by atomic mass is 16.5. The quantitative estimate of drug-likeness (QED) is 0.666. The number of hydrogen-bond acceptors (Lipinski definition) is 5. The van der Waals surface area contributed by atoms with Gasteiger partial charge < -0.3 is 20.3 Å². The normalized spacial score (nSPS) is 14.1. The van der Waals surface area contributed by atoms with Gasteiger partial charge in [-0.2, -0.15) is 0 Å². The lowest BCUT2D eigenvalue weighted by molar-refractivity contribution is -0.152. The Balaban J connectivity index is 1.45. The molecule has 1 heterocycles. The second kappa shape index (κ2) is 9.88. The number of esters is 1. The van der Waals surface area contributed by atoms with Crippen LogP contribution >= 0.6 is 0 Å². The van der Waals surface area contributed by atoms with Gasteiger partial charge in [0, 0.05) is 29.9 Å². The van der Waals surface area contributed by atoms with E-state index in [2.05, 4.69) is 10.6 Å². The molecule has 2 N–H and O–H groups in total. The van der Waals surface area contributed by atoms with E-state index in [0.29, 0.717) is 24.2 Å². The number of anilines is 2. The van der Waals surface area contributed by atoms with Crippen LogP contribution in [-0.4, -0.2) is 42.9 Å². The van der Waals surface area contributed by atoms with E-state index in [4.69, 9.17) is 4.74 Å². The predicted molar refractivity (Wildman–Crippen MR) is 116 cm³/mol. The molecule has 1 fully saturated rings. The van der Waals surface area contributed by atoms with E-state index < -0.39 is 23.9 Å². The zero-order chi connectivity index (χ0) is 22.4. The minimum atomic E-state index is -1.01. The molecule has 0 spiro atoms. The third-order valence-corrected chi connectivity index (χ3v) is 4.87. The largest absolute Gasteiger partial charge is 0.451 e. The van der Waals surface area contributed by atoms with E-state index in [1.54, 1.807) is 41.3 Å². The van der Waals surface area contributed by atoms with Crippen LogP contribution in [0.4, 0.5) is 11.4 Å². The highest BCUT2D eigenvalue weighted by Gasteiger charge is 2.22. The molecule has 8 heteroatoms. The third kappa shape index (κ3) is 5.91. The van der Waals surface area contributed by atoms with Crippen molar-refractivity contribution in [3.8, 4) is 0 Å². The maximum absolute atomic E-state index is 12.3. The highest BCUT2D eigenvalue weighted by molar-refractivity contribution is 5.99. The van der Waals surface area contributed by atoms with E-state index in [9.17, 15) is 19.2 Å². The number of carbonyl (C=O) groups is 4. The zero-order valence-electron chi connectivity index (χ0n) is 17.5. The smallest absolute Gasteiger partial charge is 0.326 e. The van der Waals surface area contributed by atoms with Crippen molar-refractivity contribution in [3.63, 3.8) is 0 Å². The number of hydrogen-bond donors (Lipinski definition) is 2. The lowest BCUT2D eigenvalue weighted by atomic mass is 10.2. The average Bonchev–Trinajstić information content (AvgIpc) is 3.18. The summed E-state index contributed by atoms with van der Waals surface area (Å²) in [4.78, 5) is 49.9. The SMILES string of the molecule is Cc1cccc(NC(=O)[C@H](C)OC(=O)CNC(=O)c2ccc(N3CCCC3=O)cc2)c1. The second-order valence-corrected chi connectivity index (χ2v) is 7.37. The molecule has 1 aliphatic heterocycles. The Kier molecular flexibility index (Phi) is 7.02. The van der Waals surface area contributed by atoms with Crippen LogP contribution in [0, 0.1) is 6.92 Å². The van der Waals surface area contributed by atoms with Gasteiger partial charge in [-0.25, -0.2) is 0 Å². The van der Waals surface area contributed by atoms with Gasteiger partial charge >= 0.3 is 5.97 Å². The second-order valence-electron chi connectivity index (χ2n) is 7.37. The first kappa shape index (κ1) is 22.0. The van der Waals surface area contributed by atoms with Crippen molar-refractivity contribution in [3.05, 3.63) is 59.7 Å². The summed E-state index contributed by atoms with van der Waals surface area (Å²) in [5.74, 6) is -1.56. The molecule has 3 rings (SSSR count). The van der Waals surface area contributed by atoms with Gasteiger partial charge in [0.15, 0.2) is 6.10 Å². The molecule has 31 heavy (non-hydrogen) atoms.